The minimum Gasteiger partial charge on any atom is -0.393 e. The number of allylic oxidation sites excluding steroid dienone is 1. The van der Waals surface area contributed by atoms with E-state index in [1.165, 1.54) is 6.42 Å². The highest BCUT2D eigenvalue weighted by atomic mass is 16.7. The molecule has 1 saturated heterocycles. The van der Waals surface area contributed by atoms with Crippen molar-refractivity contribution in [3.63, 3.8) is 0 Å². The maximum absolute atomic E-state index is 10.4. The standard InChI is InChI=1S/C17H26O3/c1-11-12-5-7-16(2)14(3-4-15(16)18)13(12)6-8-17(11)19-9-10-20-17/h5,11,13-15,18H,3-4,6-10H2,1-2H3/t11?,13?,14?,15-,16?/m1/s1. The van der Waals surface area contributed by atoms with Crippen LogP contribution in [0.4, 0.5) is 0 Å². The molecule has 2 saturated carbocycles. The van der Waals surface area contributed by atoms with Crippen LogP contribution in [-0.4, -0.2) is 30.2 Å². The van der Waals surface area contributed by atoms with Crippen LogP contribution in [0.15, 0.2) is 11.6 Å². The molecule has 3 nitrogen and oxygen atoms in total. The van der Waals surface area contributed by atoms with Gasteiger partial charge < -0.3 is 14.6 Å². The Balaban J connectivity index is 1.67. The third-order valence-corrected chi connectivity index (χ3v) is 6.79. The van der Waals surface area contributed by atoms with Gasteiger partial charge in [0.05, 0.1) is 19.3 Å². The van der Waals surface area contributed by atoms with Crippen LogP contribution in [0.5, 0.6) is 0 Å². The van der Waals surface area contributed by atoms with Gasteiger partial charge in [0.1, 0.15) is 0 Å². The third kappa shape index (κ3) is 1.57. The van der Waals surface area contributed by atoms with E-state index in [1.54, 1.807) is 5.57 Å². The topological polar surface area (TPSA) is 38.7 Å². The molecule has 3 aliphatic carbocycles. The largest absolute Gasteiger partial charge is 0.393 e. The van der Waals surface area contributed by atoms with Crippen molar-refractivity contribution in [1.29, 1.82) is 0 Å². The predicted molar refractivity (Wildman–Crippen MR) is 76.1 cm³/mol. The van der Waals surface area contributed by atoms with Crippen molar-refractivity contribution < 1.29 is 14.6 Å². The molecule has 5 atom stereocenters. The number of aliphatic hydroxyl groups is 1. The van der Waals surface area contributed by atoms with E-state index in [9.17, 15) is 5.11 Å². The van der Waals surface area contributed by atoms with Crippen molar-refractivity contribution >= 4 is 0 Å². The van der Waals surface area contributed by atoms with E-state index in [2.05, 4.69) is 19.9 Å². The Morgan fingerprint density at radius 1 is 1.20 bits per heavy atom. The molecule has 0 aromatic heterocycles. The summed E-state index contributed by atoms with van der Waals surface area (Å²) in [5.74, 6) is 1.32. The average Bonchev–Trinajstić information content (AvgIpc) is 3.02. The molecular weight excluding hydrogens is 252 g/mol. The molecule has 0 radical (unpaired) electrons. The summed E-state index contributed by atoms with van der Waals surface area (Å²) >= 11 is 0. The van der Waals surface area contributed by atoms with Crippen molar-refractivity contribution in [2.45, 2.75) is 57.8 Å². The lowest BCUT2D eigenvalue weighted by molar-refractivity contribution is -0.203. The Morgan fingerprint density at radius 2 is 1.95 bits per heavy atom. The third-order valence-electron chi connectivity index (χ3n) is 6.79. The highest BCUT2D eigenvalue weighted by molar-refractivity contribution is 5.25. The Bertz CT molecular complexity index is 438. The second-order valence-corrected chi connectivity index (χ2v) is 7.49. The van der Waals surface area contributed by atoms with Crippen LogP contribution in [0, 0.1) is 23.2 Å². The zero-order chi connectivity index (χ0) is 14.0. The lowest BCUT2D eigenvalue weighted by Crippen LogP contribution is -2.49. The van der Waals surface area contributed by atoms with Gasteiger partial charge in [-0.2, -0.15) is 0 Å². The van der Waals surface area contributed by atoms with Crippen molar-refractivity contribution in [3.8, 4) is 0 Å². The first kappa shape index (κ1) is 13.3. The summed E-state index contributed by atoms with van der Waals surface area (Å²) in [4.78, 5) is 0. The molecule has 0 aromatic carbocycles. The molecule has 1 aliphatic heterocycles. The zero-order valence-electron chi connectivity index (χ0n) is 12.6. The van der Waals surface area contributed by atoms with E-state index in [4.69, 9.17) is 9.47 Å². The maximum Gasteiger partial charge on any atom is 0.174 e. The summed E-state index contributed by atoms with van der Waals surface area (Å²) in [5, 5.41) is 10.4. The van der Waals surface area contributed by atoms with Crippen LogP contribution in [0.2, 0.25) is 0 Å². The second kappa shape index (κ2) is 4.31. The number of hydrogen-bond donors (Lipinski definition) is 1. The molecule has 1 heterocycles. The maximum atomic E-state index is 10.4. The van der Waals surface area contributed by atoms with Gasteiger partial charge in [-0.3, -0.25) is 0 Å². The molecular formula is C17H26O3. The van der Waals surface area contributed by atoms with Gasteiger partial charge in [0.25, 0.3) is 0 Å². The Kier molecular flexibility index (Phi) is 2.87. The van der Waals surface area contributed by atoms with Gasteiger partial charge in [0.2, 0.25) is 0 Å². The lowest BCUT2D eigenvalue weighted by Gasteiger charge is -2.51. The first-order chi connectivity index (χ1) is 9.57. The van der Waals surface area contributed by atoms with Crippen LogP contribution >= 0.6 is 0 Å². The lowest BCUT2D eigenvalue weighted by atomic mass is 9.58. The van der Waals surface area contributed by atoms with E-state index >= 15 is 0 Å². The molecule has 4 unspecified atom stereocenters. The van der Waals surface area contributed by atoms with Crippen molar-refractivity contribution in [3.05, 3.63) is 11.6 Å². The molecule has 1 spiro atoms. The van der Waals surface area contributed by atoms with Crippen molar-refractivity contribution in [1.82, 2.24) is 0 Å². The van der Waals surface area contributed by atoms with E-state index in [0.717, 1.165) is 38.9 Å². The quantitative estimate of drug-likeness (QED) is 0.692. The second-order valence-electron chi connectivity index (χ2n) is 7.49. The number of ether oxygens (including phenoxy) is 2. The fraction of sp³-hybridized carbons (Fsp3) is 0.882. The van der Waals surface area contributed by atoms with Gasteiger partial charge in [-0.1, -0.05) is 25.5 Å². The molecule has 4 aliphatic rings. The smallest absolute Gasteiger partial charge is 0.174 e. The fourth-order valence-electron chi connectivity index (χ4n) is 5.47. The predicted octanol–water partition coefficient (Wildman–Crippen LogP) is 2.88. The van der Waals surface area contributed by atoms with E-state index in [1.807, 2.05) is 0 Å². The summed E-state index contributed by atoms with van der Waals surface area (Å²) in [6.45, 7) is 6.04. The summed E-state index contributed by atoms with van der Waals surface area (Å²) in [6, 6.07) is 0. The van der Waals surface area contributed by atoms with Gasteiger partial charge in [-0.05, 0) is 37.5 Å². The Morgan fingerprint density at radius 3 is 2.70 bits per heavy atom. The molecule has 112 valence electrons. The van der Waals surface area contributed by atoms with Crippen LogP contribution in [-0.2, 0) is 9.47 Å². The molecule has 20 heavy (non-hydrogen) atoms. The van der Waals surface area contributed by atoms with Crippen molar-refractivity contribution in [2.24, 2.45) is 23.2 Å². The Labute approximate surface area is 121 Å². The molecule has 4 rings (SSSR count). The SMILES string of the molecule is CC1C2=CCC3(C)C(CC[C@H]3O)C2CCC12OCCO2. The van der Waals surface area contributed by atoms with Crippen LogP contribution in [0.25, 0.3) is 0 Å². The number of hydrogen-bond acceptors (Lipinski definition) is 3. The molecule has 0 aromatic rings. The van der Waals surface area contributed by atoms with Gasteiger partial charge >= 0.3 is 0 Å². The highest BCUT2D eigenvalue weighted by Gasteiger charge is 2.57. The molecule has 0 amide bonds. The molecule has 1 N–H and O–H groups in total. The van der Waals surface area contributed by atoms with E-state index in [0.29, 0.717) is 17.8 Å². The summed E-state index contributed by atoms with van der Waals surface area (Å²) in [6.07, 6.45) is 7.64. The number of aliphatic hydroxyl groups excluding tert-OH is 1. The highest BCUT2D eigenvalue weighted by Crippen LogP contribution is 2.60. The molecule has 0 bridgehead atoms. The first-order valence-electron chi connectivity index (χ1n) is 8.23. The summed E-state index contributed by atoms with van der Waals surface area (Å²) in [7, 11) is 0. The van der Waals surface area contributed by atoms with Crippen LogP contribution < -0.4 is 0 Å². The van der Waals surface area contributed by atoms with Gasteiger partial charge in [0, 0.05) is 17.8 Å². The normalized spacial score (nSPS) is 49.9. The number of fused-ring (bicyclic) bond motifs is 3. The monoisotopic (exact) mass is 278 g/mol. The summed E-state index contributed by atoms with van der Waals surface area (Å²) in [5.41, 5.74) is 1.66. The van der Waals surface area contributed by atoms with Gasteiger partial charge in [-0.15, -0.1) is 0 Å². The number of rotatable bonds is 0. The average molecular weight is 278 g/mol. The fourth-order valence-corrected chi connectivity index (χ4v) is 5.47. The Hall–Kier alpha value is -0.380. The van der Waals surface area contributed by atoms with Gasteiger partial charge in [-0.25, -0.2) is 0 Å². The van der Waals surface area contributed by atoms with Crippen LogP contribution in [0.1, 0.15) is 46.0 Å². The first-order valence-corrected chi connectivity index (χ1v) is 8.23. The van der Waals surface area contributed by atoms with E-state index in [-0.39, 0.29) is 17.3 Å². The van der Waals surface area contributed by atoms with Crippen LogP contribution in [0.3, 0.4) is 0 Å². The summed E-state index contributed by atoms with van der Waals surface area (Å²) < 4.78 is 12.0. The minimum atomic E-state index is -0.340. The molecule has 3 fully saturated rings. The minimum absolute atomic E-state index is 0.107. The van der Waals surface area contributed by atoms with Gasteiger partial charge in [0.15, 0.2) is 5.79 Å². The zero-order valence-corrected chi connectivity index (χ0v) is 12.6. The van der Waals surface area contributed by atoms with Crippen molar-refractivity contribution in [2.75, 3.05) is 13.2 Å². The van der Waals surface area contributed by atoms with E-state index < -0.39 is 0 Å². The molecule has 3 heteroatoms.